The third-order valence-electron chi connectivity index (χ3n) is 3.48. The first kappa shape index (κ1) is 14.9. The summed E-state index contributed by atoms with van der Waals surface area (Å²) in [7, 11) is 3.51. The topological polar surface area (TPSA) is 65.4 Å². The Hall–Kier alpha value is -3.02. The first-order valence-corrected chi connectivity index (χ1v) is 7.14. The number of benzene rings is 1. The quantitative estimate of drug-likeness (QED) is 0.786. The van der Waals surface area contributed by atoms with Gasteiger partial charge in [-0.1, -0.05) is 6.07 Å². The number of nitrogens with one attached hydrogen (secondary N) is 1. The minimum absolute atomic E-state index is 0.0694. The van der Waals surface area contributed by atoms with Crippen LogP contribution in [0.15, 0.2) is 48.8 Å². The molecule has 0 saturated carbocycles. The van der Waals surface area contributed by atoms with Crippen LogP contribution in [0, 0.1) is 0 Å². The largest absolute Gasteiger partial charge is 0.483 e. The fourth-order valence-electron chi connectivity index (χ4n) is 2.32. The molecule has 2 aromatic heterocycles. The van der Waals surface area contributed by atoms with Crippen LogP contribution in [0.25, 0.3) is 10.9 Å². The number of rotatable bonds is 5. The second-order valence-corrected chi connectivity index (χ2v) is 5.04. The van der Waals surface area contributed by atoms with Crippen molar-refractivity contribution >= 4 is 22.5 Å². The second-order valence-electron chi connectivity index (χ2n) is 5.04. The number of carbonyl (C=O) groups excluding carboxylic acids is 1. The summed E-state index contributed by atoms with van der Waals surface area (Å²) in [5.74, 6) is 0.936. The first-order chi connectivity index (χ1) is 11.2. The molecule has 0 atom stereocenters. The first-order valence-electron chi connectivity index (χ1n) is 7.14. The summed E-state index contributed by atoms with van der Waals surface area (Å²) in [6, 6.07) is 11.1. The van der Waals surface area contributed by atoms with Gasteiger partial charge in [-0.05, 0) is 24.3 Å². The second kappa shape index (κ2) is 6.39. The average Bonchev–Trinajstić information content (AvgIpc) is 2.96. The van der Waals surface area contributed by atoms with E-state index in [2.05, 4.69) is 10.3 Å². The van der Waals surface area contributed by atoms with Gasteiger partial charge in [0, 0.05) is 24.7 Å². The van der Waals surface area contributed by atoms with Gasteiger partial charge in [0.15, 0.2) is 6.61 Å². The van der Waals surface area contributed by atoms with E-state index in [1.165, 1.54) is 6.20 Å². The van der Waals surface area contributed by atoms with Crippen molar-refractivity contribution in [1.82, 2.24) is 9.55 Å². The minimum Gasteiger partial charge on any atom is -0.483 e. The maximum absolute atomic E-state index is 12.0. The number of pyridine rings is 1. The summed E-state index contributed by atoms with van der Waals surface area (Å²) in [4.78, 5) is 16.0. The number of fused-ring (bicyclic) bond motifs is 1. The highest BCUT2D eigenvalue weighted by atomic mass is 16.5. The number of amides is 1. The van der Waals surface area contributed by atoms with Crippen molar-refractivity contribution in [3.05, 3.63) is 48.8 Å². The molecule has 1 amide bonds. The lowest BCUT2D eigenvalue weighted by atomic mass is 10.2. The highest BCUT2D eigenvalue weighted by Crippen LogP contribution is 2.25. The van der Waals surface area contributed by atoms with Crippen LogP contribution in [0.2, 0.25) is 0 Å². The molecule has 0 fully saturated rings. The molecule has 3 rings (SSSR count). The van der Waals surface area contributed by atoms with Crippen LogP contribution in [0.5, 0.6) is 11.6 Å². The van der Waals surface area contributed by atoms with Gasteiger partial charge in [0.05, 0.1) is 24.5 Å². The molecule has 0 aliphatic rings. The van der Waals surface area contributed by atoms with Gasteiger partial charge in [-0.2, -0.15) is 0 Å². The van der Waals surface area contributed by atoms with Crippen molar-refractivity contribution in [2.75, 3.05) is 19.0 Å². The molecule has 0 bridgehead atoms. The molecular formula is C17H17N3O3. The Morgan fingerprint density at radius 3 is 2.87 bits per heavy atom. The molecule has 6 heteroatoms. The third-order valence-corrected chi connectivity index (χ3v) is 3.48. The van der Waals surface area contributed by atoms with E-state index in [0.29, 0.717) is 17.3 Å². The predicted octanol–water partition coefficient (Wildman–Crippen LogP) is 2.60. The Labute approximate surface area is 133 Å². The molecule has 1 aromatic carbocycles. The van der Waals surface area contributed by atoms with Gasteiger partial charge in [0.1, 0.15) is 5.75 Å². The zero-order valence-electron chi connectivity index (χ0n) is 12.9. The lowest BCUT2D eigenvalue weighted by Gasteiger charge is -2.09. The number of hydrogen-bond donors (Lipinski definition) is 1. The van der Waals surface area contributed by atoms with Gasteiger partial charge in [0.25, 0.3) is 5.91 Å². The lowest BCUT2D eigenvalue weighted by Crippen LogP contribution is -2.20. The van der Waals surface area contributed by atoms with E-state index in [1.807, 2.05) is 42.1 Å². The van der Waals surface area contributed by atoms with E-state index >= 15 is 0 Å². The SMILES string of the molecule is COc1ccc(NC(=O)COc2cccc3c2ccn3C)cn1. The number of anilines is 1. The summed E-state index contributed by atoms with van der Waals surface area (Å²) in [6.45, 7) is -0.0694. The minimum atomic E-state index is -0.245. The Kier molecular flexibility index (Phi) is 4.14. The number of nitrogens with zero attached hydrogens (tertiary/aromatic N) is 2. The van der Waals surface area contributed by atoms with Crippen molar-refractivity contribution in [3.63, 3.8) is 0 Å². The molecule has 118 valence electrons. The third kappa shape index (κ3) is 3.26. The zero-order chi connectivity index (χ0) is 16.2. The van der Waals surface area contributed by atoms with Gasteiger partial charge >= 0.3 is 0 Å². The molecule has 0 aliphatic heterocycles. The van der Waals surface area contributed by atoms with Crippen LogP contribution < -0.4 is 14.8 Å². The van der Waals surface area contributed by atoms with Crippen molar-refractivity contribution in [2.24, 2.45) is 7.05 Å². The molecule has 0 saturated heterocycles. The monoisotopic (exact) mass is 311 g/mol. The summed E-state index contributed by atoms with van der Waals surface area (Å²) < 4.78 is 12.6. The Bertz CT molecular complexity index is 825. The van der Waals surface area contributed by atoms with Crippen LogP contribution >= 0.6 is 0 Å². The summed E-state index contributed by atoms with van der Waals surface area (Å²) in [5.41, 5.74) is 1.65. The summed E-state index contributed by atoms with van der Waals surface area (Å²) >= 11 is 0. The summed E-state index contributed by atoms with van der Waals surface area (Å²) in [6.07, 6.45) is 3.50. The van der Waals surface area contributed by atoms with E-state index in [0.717, 1.165) is 10.9 Å². The maximum Gasteiger partial charge on any atom is 0.262 e. The smallest absolute Gasteiger partial charge is 0.262 e. The Morgan fingerprint density at radius 1 is 1.26 bits per heavy atom. The van der Waals surface area contributed by atoms with E-state index in [4.69, 9.17) is 9.47 Å². The van der Waals surface area contributed by atoms with Gasteiger partial charge in [0.2, 0.25) is 5.88 Å². The molecule has 3 aromatic rings. The van der Waals surface area contributed by atoms with Crippen molar-refractivity contribution in [1.29, 1.82) is 0 Å². The molecule has 1 N–H and O–H groups in total. The van der Waals surface area contributed by atoms with Crippen LogP contribution in [0.4, 0.5) is 5.69 Å². The van der Waals surface area contributed by atoms with Gasteiger partial charge in [-0.15, -0.1) is 0 Å². The molecule has 0 spiro atoms. The van der Waals surface area contributed by atoms with Gasteiger partial charge in [-0.3, -0.25) is 4.79 Å². The Balaban J connectivity index is 1.63. The highest BCUT2D eigenvalue weighted by molar-refractivity contribution is 5.92. The fourth-order valence-corrected chi connectivity index (χ4v) is 2.32. The number of ether oxygens (including phenoxy) is 2. The van der Waals surface area contributed by atoms with Crippen LogP contribution in [-0.4, -0.2) is 29.2 Å². The molecule has 0 unspecified atom stereocenters. The van der Waals surface area contributed by atoms with Crippen molar-refractivity contribution in [3.8, 4) is 11.6 Å². The van der Waals surface area contributed by atoms with Crippen molar-refractivity contribution in [2.45, 2.75) is 0 Å². The summed E-state index contributed by atoms with van der Waals surface area (Å²) in [5, 5.41) is 3.71. The zero-order valence-corrected chi connectivity index (χ0v) is 12.9. The van der Waals surface area contributed by atoms with E-state index < -0.39 is 0 Å². The molecular weight excluding hydrogens is 294 g/mol. The van der Waals surface area contributed by atoms with Crippen LogP contribution in [0.1, 0.15) is 0 Å². The number of carbonyl (C=O) groups is 1. The van der Waals surface area contributed by atoms with E-state index in [9.17, 15) is 4.79 Å². The number of methoxy groups -OCH3 is 1. The van der Waals surface area contributed by atoms with Gasteiger partial charge in [-0.25, -0.2) is 4.98 Å². The molecule has 2 heterocycles. The van der Waals surface area contributed by atoms with Crippen LogP contribution in [0.3, 0.4) is 0 Å². The lowest BCUT2D eigenvalue weighted by molar-refractivity contribution is -0.118. The standard InChI is InChI=1S/C17H17N3O3/c1-20-9-8-13-14(20)4-3-5-15(13)23-11-16(21)19-12-6-7-17(22-2)18-10-12/h3-10H,11H2,1-2H3,(H,19,21). The van der Waals surface area contributed by atoms with E-state index in [1.54, 1.807) is 19.2 Å². The van der Waals surface area contributed by atoms with E-state index in [-0.39, 0.29) is 12.5 Å². The number of aryl methyl sites for hydroxylation is 1. The molecule has 0 aliphatic carbocycles. The number of aromatic nitrogens is 2. The molecule has 6 nitrogen and oxygen atoms in total. The van der Waals surface area contributed by atoms with Crippen molar-refractivity contribution < 1.29 is 14.3 Å². The van der Waals surface area contributed by atoms with Crippen LogP contribution in [-0.2, 0) is 11.8 Å². The highest BCUT2D eigenvalue weighted by Gasteiger charge is 2.08. The predicted molar refractivity (Wildman–Crippen MR) is 87.8 cm³/mol. The number of hydrogen-bond acceptors (Lipinski definition) is 4. The average molecular weight is 311 g/mol. The Morgan fingerprint density at radius 2 is 2.13 bits per heavy atom. The maximum atomic E-state index is 12.0. The fraction of sp³-hybridized carbons (Fsp3) is 0.176. The normalized spacial score (nSPS) is 10.5. The van der Waals surface area contributed by atoms with Gasteiger partial charge < -0.3 is 19.4 Å². The molecule has 23 heavy (non-hydrogen) atoms. The molecule has 0 radical (unpaired) electrons.